The van der Waals surface area contributed by atoms with E-state index in [1.54, 1.807) is 24.3 Å². The second-order valence-corrected chi connectivity index (χ2v) is 10.8. The summed E-state index contributed by atoms with van der Waals surface area (Å²) in [5, 5.41) is 15.3. The highest BCUT2D eigenvalue weighted by Crippen LogP contribution is 2.15. The minimum atomic E-state index is -3.68. The molecule has 1 aromatic rings. The fraction of sp³-hybridized carbons (Fsp3) is 0.640. The number of amides is 1. The van der Waals surface area contributed by atoms with E-state index in [1.807, 2.05) is 0 Å². The van der Waals surface area contributed by atoms with Gasteiger partial charge in [-0.3, -0.25) is 19.9 Å². The fourth-order valence-electron chi connectivity index (χ4n) is 3.72. The van der Waals surface area contributed by atoms with Crippen LogP contribution in [-0.2, 0) is 26.0 Å². The van der Waals surface area contributed by atoms with Crippen LogP contribution in [0.15, 0.2) is 29.3 Å². The molecule has 1 amide bonds. The maximum absolute atomic E-state index is 12.4. The normalized spacial score (nSPS) is 14.4. The minimum Gasteiger partial charge on any atom is -0.494 e. The molecule has 10 nitrogen and oxygen atoms in total. The lowest BCUT2D eigenvalue weighted by Crippen LogP contribution is -2.43. The zero-order chi connectivity index (χ0) is 26.2. The Kier molecular flexibility index (Phi) is 13.3. The monoisotopic (exact) mass is 524 g/mol. The number of ether oxygens (including phenoxy) is 1. The molecule has 0 spiro atoms. The lowest BCUT2D eigenvalue weighted by Gasteiger charge is -2.15. The molecule has 0 bridgehead atoms. The maximum Gasteiger partial charge on any atom is 0.322 e. The summed E-state index contributed by atoms with van der Waals surface area (Å²) in [4.78, 5) is 27.8. The standard InChI is InChI=1S/C25H40N4O6S/c1-2-3-4-5-6-7-18-36(33,34)29-22(24(31)32)19-20-11-13-21(14-12-20)35-17-8-10-23(30)28-25-26-15-9-16-27-25/h11-14,22,29H,2-10,15-19H2,1H3,(H,31,32)(H2,26,27,28,30). The Bertz CT molecular complexity index is 950. The van der Waals surface area contributed by atoms with Gasteiger partial charge < -0.3 is 15.2 Å². The van der Waals surface area contributed by atoms with Crippen LogP contribution >= 0.6 is 0 Å². The Morgan fingerprint density at radius 3 is 2.50 bits per heavy atom. The molecule has 202 valence electrons. The van der Waals surface area contributed by atoms with Gasteiger partial charge in [0.15, 0.2) is 5.96 Å². The van der Waals surface area contributed by atoms with Gasteiger partial charge in [-0.2, -0.15) is 0 Å². The van der Waals surface area contributed by atoms with Gasteiger partial charge in [-0.05, 0) is 43.4 Å². The van der Waals surface area contributed by atoms with Crippen molar-refractivity contribution in [1.82, 2.24) is 15.4 Å². The first-order valence-corrected chi connectivity index (χ1v) is 14.5. The molecule has 1 aromatic carbocycles. The molecule has 1 atom stereocenters. The number of carboxylic acid groups (broad SMARTS) is 1. The Labute approximate surface area is 214 Å². The molecule has 0 saturated heterocycles. The third-order valence-electron chi connectivity index (χ3n) is 5.72. The third-order valence-corrected chi connectivity index (χ3v) is 7.19. The molecule has 1 unspecified atom stereocenters. The Morgan fingerprint density at radius 1 is 1.11 bits per heavy atom. The second kappa shape index (κ2) is 16.2. The van der Waals surface area contributed by atoms with Crippen LogP contribution in [0.2, 0.25) is 0 Å². The summed E-state index contributed by atoms with van der Waals surface area (Å²) in [6.07, 6.45) is 7.50. The lowest BCUT2D eigenvalue weighted by molar-refractivity contribution is -0.139. The van der Waals surface area contributed by atoms with Crippen LogP contribution < -0.4 is 20.1 Å². The Hall–Kier alpha value is -2.66. The first-order valence-electron chi connectivity index (χ1n) is 12.8. The number of carbonyl (C=O) groups is 2. The van der Waals surface area contributed by atoms with E-state index in [0.717, 1.165) is 45.1 Å². The molecule has 0 radical (unpaired) electrons. The quantitative estimate of drug-likeness (QED) is 0.229. The third kappa shape index (κ3) is 12.3. The molecule has 36 heavy (non-hydrogen) atoms. The van der Waals surface area contributed by atoms with Gasteiger partial charge in [0.2, 0.25) is 15.9 Å². The summed E-state index contributed by atoms with van der Waals surface area (Å²) in [5.41, 5.74) is 0.678. The van der Waals surface area contributed by atoms with Gasteiger partial charge in [0.1, 0.15) is 11.8 Å². The van der Waals surface area contributed by atoms with Crippen molar-refractivity contribution in [1.29, 1.82) is 0 Å². The zero-order valence-electron chi connectivity index (χ0n) is 21.1. The van der Waals surface area contributed by atoms with Crippen molar-refractivity contribution in [3.8, 4) is 5.75 Å². The summed E-state index contributed by atoms with van der Waals surface area (Å²) >= 11 is 0. The summed E-state index contributed by atoms with van der Waals surface area (Å²) < 4.78 is 32.7. The molecule has 2 rings (SSSR count). The molecule has 1 aliphatic heterocycles. The van der Waals surface area contributed by atoms with E-state index in [1.165, 1.54) is 0 Å². The number of nitrogens with zero attached hydrogens (tertiary/aromatic N) is 1. The number of carboxylic acids is 1. The zero-order valence-corrected chi connectivity index (χ0v) is 21.9. The number of sulfonamides is 1. The van der Waals surface area contributed by atoms with Crippen LogP contribution in [0.3, 0.4) is 0 Å². The van der Waals surface area contributed by atoms with Crippen LogP contribution in [-0.4, -0.2) is 62.9 Å². The van der Waals surface area contributed by atoms with Gasteiger partial charge in [0.25, 0.3) is 0 Å². The van der Waals surface area contributed by atoms with Crippen molar-refractivity contribution in [2.75, 3.05) is 25.4 Å². The number of guanidine groups is 1. The predicted octanol–water partition coefficient (Wildman–Crippen LogP) is 2.59. The largest absolute Gasteiger partial charge is 0.494 e. The van der Waals surface area contributed by atoms with Gasteiger partial charge in [0, 0.05) is 19.5 Å². The highest BCUT2D eigenvalue weighted by molar-refractivity contribution is 7.89. The summed E-state index contributed by atoms with van der Waals surface area (Å²) in [7, 11) is -3.68. The molecule has 0 aliphatic carbocycles. The van der Waals surface area contributed by atoms with Crippen LogP contribution in [0.5, 0.6) is 5.75 Å². The Morgan fingerprint density at radius 2 is 1.83 bits per heavy atom. The van der Waals surface area contributed by atoms with E-state index in [0.29, 0.717) is 49.7 Å². The molecular weight excluding hydrogens is 484 g/mol. The predicted molar refractivity (Wildman–Crippen MR) is 140 cm³/mol. The van der Waals surface area contributed by atoms with E-state index in [4.69, 9.17) is 4.74 Å². The van der Waals surface area contributed by atoms with Crippen molar-refractivity contribution in [3.05, 3.63) is 29.8 Å². The number of nitrogens with one attached hydrogen (secondary N) is 3. The van der Waals surface area contributed by atoms with Crippen molar-refractivity contribution in [2.24, 2.45) is 4.99 Å². The van der Waals surface area contributed by atoms with Gasteiger partial charge in [0.05, 0.1) is 12.4 Å². The number of benzene rings is 1. The second-order valence-electron chi connectivity index (χ2n) is 8.95. The molecule has 4 N–H and O–H groups in total. The number of hydrogen-bond donors (Lipinski definition) is 4. The SMILES string of the molecule is CCCCCCCCS(=O)(=O)NC(Cc1ccc(OCCCC(=O)NC2=NCCCN2)cc1)C(=O)O. The first-order chi connectivity index (χ1) is 17.3. The molecule has 1 heterocycles. The lowest BCUT2D eigenvalue weighted by atomic mass is 10.1. The molecule has 0 fully saturated rings. The van der Waals surface area contributed by atoms with Crippen LogP contribution in [0.25, 0.3) is 0 Å². The van der Waals surface area contributed by atoms with E-state index in [2.05, 4.69) is 27.3 Å². The van der Waals surface area contributed by atoms with Gasteiger partial charge >= 0.3 is 5.97 Å². The highest BCUT2D eigenvalue weighted by Gasteiger charge is 2.24. The van der Waals surface area contributed by atoms with Crippen molar-refractivity contribution < 1.29 is 27.9 Å². The topological polar surface area (TPSA) is 146 Å². The Balaban J connectivity index is 1.72. The number of aliphatic imine (C=N–C) groups is 1. The maximum atomic E-state index is 12.4. The van der Waals surface area contributed by atoms with Crippen molar-refractivity contribution in [2.45, 2.75) is 77.2 Å². The number of aliphatic carboxylic acids is 1. The summed E-state index contributed by atoms with van der Waals surface area (Å²) in [6, 6.07) is 5.61. The summed E-state index contributed by atoms with van der Waals surface area (Å²) in [6.45, 7) is 3.98. The van der Waals surface area contributed by atoms with Crippen molar-refractivity contribution in [3.63, 3.8) is 0 Å². The molecule has 0 aromatic heterocycles. The van der Waals surface area contributed by atoms with Crippen molar-refractivity contribution >= 4 is 27.9 Å². The fourth-order valence-corrected chi connectivity index (χ4v) is 5.04. The average Bonchev–Trinajstić information content (AvgIpc) is 2.85. The van der Waals surface area contributed by atoms with E-state index >= 15 is 0 Å². The van der Waals surface area contributed by atoms with E-state index in [-0.39, 0.29) is 18.1 Å². The van der Waals surface area contributed by atoms with Crippen LogP contribution in [0.1, 0.15) is 70.3 Å². The number of rotatable bonds is 17. The minimum absolute atomic E-state index is 0.0312. The molecule has 0 saturated carbocycles. The molecule has 1 aliphatic rings. The first kappa shape index (κ1) is 29.6. The highest BCUT2D eigenvalue weighted by atomic mass is 32.2. The smallest absolute Gasteiger partial charge is 0.322 e. The number of hydrogen-bond acceptors (Lipinski definition) is 7. The molecular formula is C25H40N4O6S. The van der Waals surface area contributed by atoms with E-state index in [9.17, 15) is 23.1 Å². The van der Waals surface area contributed by atoms with Crippen LogP contribution in [0, 0.1) is 0 Å². The summed E-state index contributed by atoms with van der Waals surface area (Å²) in [5.74, 6) is -0.298. The van der Waals surface area contributed by atoms with Gasteiger partial charge in [-0.25, -0.2) is 13.1 Å². The number of carbonyl (C=O) groups excluding carboxylic acids is 1. The van der Waals surface area contributed by atoms with Gasteiger partial charge in [-0.1, -0.05) is 51.2 Å². The van der Waals surface area contributed by atoms with Gasteiger partial charge in [-0.15, -0.1) is 0 Å². The van der Waals surface area contributed by atoms with Crippen LogP contribution in [0.4, 0.5) is 0 Å². The number of unbranched alkanes of at least 4 members (excludes halogenated alkanes) is 5. The molecule has 11 heteroatoms. The van der Waals surface area contributed by atoms with E-state index < -0.39 is 22.0 Å². The average molecular weight is 525 g/mol.